The Kier molecular flexibility index (Phi) is 7.07. The second kappa shape index (κ2) is 9.05. The number of carbonyl (C=O) groups is 1. The Hall–Kier alpha value is -1.80. The van der Waals surface area contributed by atoms with Gasteiger partial charge in [-0.2, -0.15) is 0 Å². The molecule has 0 spiro atoms. The molecule has 0 aromatic heterocycles. The molecule has 1 aromatic rings. The van der Waals surface area contributed by atoms with Crippen LogP contribution in [0.1, 0.15) is 25.3 Å². The molecule has 25 heavy (non-hydrogen) atoms. The molecule has 138 valence electrons. The number of nitrogens with one attached hydrogen (secondary N) is 2. The van der Waals surface area contributed by atoms with Gasteiger partial charge in [0.25, 0.3) is 0 Å². The lowest BCUT2D eigenvalue weighted by molar-refractivity contribution is -0.385. The smallest absolute Gasteiger partial charge is 0.311 e. The van der Waals surface area contributed by atoms with Crippen LogP contribution in [0.15, 0.2) is 18.2 Å². The van der Waals surface area contributed by atoms with Gasteiger partial charge in [-0.1, -0.05) is 13.0 Å². The lowest BCUT2D eigenvalue weighted by atomic mass is 9.81. The summed E-state index contributed by atoms with van der Waals surface area (Å²) in [5.41, 5.74) is 0.918. The number of benzene rings is 1. The van der Waals surface area contributed by atoms with Crippen molar-refractivity contribution in [3.63, 3.8) is 0 Å². The summed E-state index contributed by atoms with van der Waals surface area (Å²) in [5.74, 6) is 1.13. The number of ether oxygens (including phenoxy) is 1. The maximum atomic E-state index is 12.0. The Labute approximate surface area is 152 Å². The monoisotopic (exact) mass is 367 g/mol. The number of amides is 1. The van der Waals surface area contributed by atoms with Crippen LogP contribution in [0.4, 0.5) is 5.69 Å². The first kappa shape index (κ1) is 19.5. The van der Waals surface area contributed by atoms with Crippen LogP contribution in [0, 0.1) is 15.5 Å². The van der Waals surface area contributed by atoms with E-state index < -0.39 is 4.92 Å². The summed E-state index contributed by atoms with van der Waals surface area (Å²) < 4.78 is 4.99. The zero-order valence-electron chi connectivity index (χ0n) is 14.7. The van der Waals surface area contributed by atoms with Crippen molar-refractivity contribution in [2.75, 3.05) is 32.5 Å². The fraction of sp³-hybridized carbons (Fsp3) is 0.588. The molecule has 1 aliphatic rings. The molecule has 1 saturated heterocycles. The fourth-order valence-electron chi connectivity index (χ4n) is 2.80. The zero-order valence-corrected chi connectivity index (χ0v) is 15.5. The van der Waals surface area contributed by atoms with Gasteiger partial charge >= 0.3 is 5.69 Å². The number of nitrogens with zero attached hydrogens (tertiary/aromatic N) is 1. The second-order valence-electron chi connectivity index (χ2n) is 6.59. The van der Waals surface area contributed by atoms with Gasteiger partial charge in [-0.15, -0.1) is 11.8 Å². The van der Waals surface area contributed by atoms with Gasteiger partial charge in [-0.05, 0) is 43.0 Å². The largest absolute Gasteiger partial charge is 0.490 e. The van der Waals surface area contributed by atoms with Crippen LogP contribution >= 0.6 is 11.8 Å². The predicted octanol–water partition coefficient (Wildman–Crippen LogP) is 2.34. The lowest BCUT2D eigenvalue weighted by Gasteiger charge is -2.34. The van der Waals surface area contributed by atoms with E-state index in [1.54, 1.807) is 12.1 Å². The molecule has 2 N–H and O–H groups in total. The number of hydrogen-bond acceptors (Lipinski definition) is 6. The summed E-state index contributed by atoms with van der Waals surface area (Å²) in [6.45, 7) is 4.90. The minimum atomic E-state index is -0.459. The van der Waals surface area contributed by atoms with Gasteiger partial charge in [0, 0.05) is 18.4 Å². The summed E-state index contributed by atoms with van der Waals surface area (Å²) in [6, 6.07) is 4.87. The number of thioether (sulfide) groups is 1. The lowest BCUT2D eigenvalue weighted by Crippen LogP contribution is -2.43. The van der Waals surface area contributed by atoms with E-state index in [0.717, 1.165) is 31.5 Å². The average Bonchev–Trinajstić information content (AvgIpc) is 2.60. The van der Waals surface area contributed by atoms with Crippen molar-refractivity contribution in [3.8, 4) is 5.75 Å². The molecule has 0 radical (unpaired) electrons. The highest BCUT2D eigenvalue weighted by atomic mass is 32.2. The molecule has 7 nitrogen and oxygen atoms in total. The zero-order chi connectivity index (χ0) is 18.3. The quantitative estimate of drug-likeness (QED) is 0.541. The molecule has 1 heterocycles. The van der Waals surface area contributed by atoms with Crippen LogP contribution in [0.3, 0.4) is 0 Å². The first-order valence-corrected chi connectivity index (χ1v) is 9.45. The van der Waals surface area contributed by atoms with E-state index in [9.17, 15) is 14.9 Å². The molecule has 0 aliphatic carbocycles. The van der Waals surface area contributed by atoms with Crippen molar-refractivity contribution in [1.82, 2.24) is 10.6 Å². The standard InChI is InChI=1S/C17H25N3O4S/c1-17(5-7-18-8-6-17)12-19-16(21)11-25-10-13-3-4-15(24-2)14(9-13)20(22)23/h3-4,9,18H,5-8,10-12H2,1-2H3,(H,19,21). The number of nitro groups is 1. The normalized spacial score (nSPS) is 16.2. The van der Waals surface area contributed by atoms with Gasteiger partial charge in [0.2, 0.25) is 5.91 Å². The van der Waals surface area contributed by atoms with E-state index in [-0.39, 0.29) is 22.8 Å². The minimum Gasteiger partial charge on any atom is -0.490 e. The van der Waals surface area contributed by atoms with Crippen LogP contribution in [-0.2, 0) is 10.5 Å². The highest BCUT2D eigenvalue weighted by molar-refractivity contribution is 7.99. The molecule has 0 atom stereocenters. The average molecular weight is 367 g/mol. The molecule has 0 unspecified atom stereocenters. The third-order valence-electron chi connectivity index (χ3n) is 4.46. The Bertz CT molecular complexity index is 618. The van der Waals surface area contributed by atoms with Crippen molar-refractivity contribution in [2.24, 2.45) is 5.41 Å². The van der Waals surface area contributed by atoms with Crippen LogP contribution in [0.25, 0.3) is 0 Å². The topological polar surface area (TPSA) is 93.5 Å². The van der Waals surface area contributed by atoms with Crippen LogP contribution in [0.2, 0.25) is 0 Å². The van der Waals surface area contributed by atoms with E-state index in [2.05, 4.69) is 17.6 Å². The molecule has 1 aromatic carbocycles. The van der Waals surface area contributed by atoms with Crippen LogP contribution in [0.5, 0.6) is 5.75 Å². The van der Waals surface area contributed by atoms with Crippen LogP contribution in [-0.4, -0.2) is 43.3 Å². The summed E-state index contributed by atoms with van der Waals surface area (Å²) in [6.07, 6.45) is 2.13. The highest BCUT2D eigenvalue weighted by Crippen LogP contribution is 2.29. The fourth-order valence-corrected chi connectivity index (χ4v) is 3.60. The highest BCUT2D eigenvalue weighted by Gasteiger charge is 2.26. The number of nitro benzene ring substituents is 1. The molecule has 0 bridgehead atoms. The summed E-state index contributed by atoms with van der Waals surface area (Å²) >= 11 is 1.45. The minimum absolute atomic E-state index is 0.00719. The van der Waals surface area contributed by atoms with Gasteiger partial charge in [0.15, 0.2) is 5.75 Å². The number of rotatable bonds is 8. The van der Waals surface area contributed by atoms with Gasteiger partial charge in [-0.25, -0.2) is 0 Å². The molecular weight excluding hydrogens is 342 g/mol. The number of carbonyl (C=O) groups excluding carboxylic acids is 1. The van der Waals surface area contributed by atoms with Gasteiger partial charge in [-0.3, -0.25) is 14.9 Å². The van der Waals surface area contributed by atoms with Gasteiger partial charge in [0.05, 0.1) is 17.8 Å². The maximum Gasteiger partial charge on any atom is 0.311 e. The van der Waals surface area contributed by atoms with E-state index in [0.29, 0.717) is 18.1 Å². The molecule has 1 amide bonds. The Morgan fingerprint density at radius 2 is 2.16 bits per heavy atom. The molecular formula is C17H25N3O4S. The third-order valence-corrected chi connectivity index (χ3v) is 5.47. The van der Waals surface area contributed by atoms with Crippen molar-refractivity contribution in [2.45, 2.75) is 25.5 Å². The number of piperidine rings is 1. The molecule has 1 aliphatic heterocycles. The summed E-state index contributed by atoms with van der Waals surface area (Å²) in [4.78, 5) is 22.6. The second-order valence-corrected chi connectivity index (χ2v) is 7.58. The Morgan fingerprint density at radius 1 is 1.44 bits per heavy atom. The number of hydrogen-bond donors (Lipinski definition) is 2. The number of methoxy groups -OCH3 is 1. The van der Waals surface area contributed by atoms with Crippen molar-refractivity contribution < 1.29 is 14.5 Å². The molecule has 1 fully saturated rings. The van der Waals surface area contributed by atoms with Crippen molar-refractivity contribution in [3.05, 3.63) is 33.9 Å². The van der Waals surface area contributed by atoms with Crippen molar-refractivity contribution in [1.29, 1.82) is 0 Å². The predicted molar refractivity (Wildman–Crippen MR) is 99.0 cm³/mol. The summed E-state index contributed by atoms with van der Waals surface area (Å²) in [7, 11) is 1.41. The maximum absolute atomic E-state index is 12.0. The Balaban J connectivity index is 1.77. The molecule has 8 heteroatoms. The van der Waals surface area contributed by atoms with Crippen LogP contribution < -0.4 is 15.4 Å². The van der Waals surface area contributed by atoms with E-state index >= 15 is 0 Å². The van der Waals surface area contributed by atoms with Gasteiger partial charge in [0.1, 0.15) is 0 Å². The first-order valence-electron chi connectivity index (χ1n) is 8.30. The Morgan fingerprint density at radius 3 is 2.80 bits per heavy atom. The van der Waals surface area contributed by atoms with E-state index in [4.69, 9.17) is 4.74 Å². The SMILES string of the molecule is COc1ccc(CSCC(=O)NCC2(C)CCNCC2)cc1[N+](=O)[O-]. The molecule has 0 saturated carbocycles. The summed E-state index contributed by atoms with van der Waals surface area (Å²) in [5, 5.41) is 17.4. The van der Waals surface area contributed by atoms with E-state index in [1.165, 1.54) is 24.9 Å². The van der Waals surface area contributed by atoms with Crippen molar-refractivity contribution >= 4 is 23.4 Å². The molecule has 2 rings (SSSR count). The third kappa shape index (κ3) is 5.89. The first-order chi connectivity index (χ1) is 11.9. The van der Waals surface area contributed by atoms with Gasteiger partial charge < -0.3 is 15.4 Å². The van der Waals surface area contributed by atoms with E-state index in [1.807, 2.05) is 0 Å².